The fourth-order valence-electron chi connectivity index (χ4n) is 4.36. The largest absolute Gasteiger partial charge is 0.333 e. The zero-order valence-electron chi connectivity index (χ0n) is 21.1. The second-order valence-corrected chi connectivity index (χ2v) is 8.90. The van der Waals surface area contributed by atoms with Crippen LogP contribution < -0.4 is 5.32 Å². The molecule has 3 aromatic carbocycles. The Kier molecular flexibility index (Phi) is 7.95. The topological polar surface area (TPSA) is 67.2 Å². The summed E-state index contributed by atoms with van der Waals surface area (Å²) in [5.74, 6) is 0.284. The third kappa shape index (κ3) is 5.71. The quantitative estimate of drug-likeness (QED) is 0.340. The van der Waals surface area contributed by atoms with Crippen LogP contribution in [0.15, 0.2) is 84.9 Å². The van der Waals surface area contributed by atoms with Gasteiger partial charge in [-0.1, -0.05) is 85.8 Å². The summed E-state index contributed by atoms with van der Waals surface area (Å²) in [6.07, 6.45) is 1.03. The smallest absolute Gasteiger partial charge is 0.245 e. The molecule has 1 aromatic heterocycles. The van der Waals surface area contributed by atoms with Crippen molar-refractivity contribution in [2.45, 2.75) is 33.6 Å². The van der Waals surface area contributed by atoms with E-state index in [0.717, 1.165) is 40.1 Å². The molecular formula is C30H32N4O2. The highest BCUT2D eigenvalue weighted by atomic mass is 16.2. The number of hydrogen-bond acceptors (Lipinski definition) is 3. The molecule has 36 heavy (non-hydrogen) atoms. The van der Waals surface area contributed by atoms with Crippen molar-refractivity contribution in [1.82, 2.24) is 14.7 Å². The van der Waals surface area contributed by atoms with Crippen molar-refractivity contribution in [3.8, 4) is 16.8 Å². The Labute approximate surface area is 212 Å². The van der Waals surface area contributed by atoms with Gasteiger partial charge in [0.25, 0.3) is 0 Å². The summed E-state index contributed by atoms with van der Waals surface area (Å²) in [5.41, 5.74) is 5.51. The minimum atomic E-state index is -0.253. The van der Waals surface area contributed by atoms with Gasteiger partial charge in [0.1, 0.15) is 5.82 Å². The molecule has 1 N–H and O–H groups in total. The van der Waals surface area contributed by atoms with Crippen molar-refractivity contribution in [3.63, 3.8) is 0 Å². The first-order valence-electron chi connectivity index (χ1n) is 12.3. The molecule has 0 aliphatic rings. The van der Waals surface area contributed by atoms with Gasteiger partial charge in [0, 0.05) is 12.1 Å². The number of carbonyl (C=O) groups is 2. The number of hydrogen-bond donors (Lipinski definition) is 1. The number of carbonyl (C=O) groups excluding carboxylic acids is 2. The first kappa shape index (κ1) is 24.9. The molecule has 0 atom stereocenters. The van der Waals surface area contributed by atoms with E-state index in [1.54, 1.807) is 9.58 Å². The Hall–Kier alpha value is -4.19. The summed E-state index contributed by atoms with van der Waals surface area (Å²) in [5, 5.41) is 7.90. The third-order valence-corrected chi connectivity index (χ3v) is 6.10. The van der Waals surface area contributed by atoms with Gasteiger partial charge in [-0.15, -0.1) is 0 Å². The van der Waals surface area contributed by atoms with Crippen molar-refractivity contribution >= 4 is 17.6 Å². The van der Waals surface area contributed by atoms with E-state index in [9.17, 15) is 9.59 Å². The van der Waals surface area contributed by atoms with Crippen molar-refractivity contribution in [2.24, 2.45) is 0 Å². The zero-order valence-corrected chi connectivity index (χ0v) is 21.1. The van der Waals surface area contributed by atoms with Crippen LogP contribution in [0, 0.1) is 13.8 Å². The second kappa shape index (κ2) is 11.5. The van der Waals surface area contributed by atoms with Crippen LogP contribution in [0.1, 0.15) is 30.2 Å². The van der Waals surface area contributed by atoms with Crippen molar-refractivity contribution in [1.29, 1.82) is 0 Å². The monoisotopic (exact) mass is 480 g/mol. The van der Waals surface area contributed by atoms with E-state index in [2.05, 4.69) is 5.32 Å². The lowest BCUT2D eigenvalue weighted by atomic mass is 10.1. The van der Waals surface area contributed by atoms with Crippen molar-refractivity contribution in [3.05, 3.63) is 102 Å². The SMILES string of the molecule is CCCN(CC(=O)Nc1c(-c2ccccc2)c(C)nn1-c1ccccc1C)C(=O)Cc1ccccc1. The minimum absolute atomic E-state index is 0.0221. The lowest BCUT2D eigenvalue weighted by molar-refractivity contribution is -0.134. The van der Waals surface area contributed by atoms with Gasteiger partial charge in [-0.3, -0.25) is 9.59 Å². The van der Waals surface area contributed by atoms with Crippen LogP contribution >= 0.6 is 0 Å². The van der Waals surface area contributed by atoms with Crippen molar-refractivity contribution in [2.75, 3.05) is 18.4 Å². The molecule has 6 heteroatoms. The molecule has 0 fully saturated rings. The Bertz CT molecular complexity index is 1330. The molecule has 0 spiro atoms. The van der Waals surface area contributed by atoms with E-state index in [0.29, 0.717) is 12.4 Å². The maximum Gasteiger partial charge on any atom is 0.245 e. The maximum atomic E-state index is 13.4. The van der Waals surface area contributed by atoms with Crippen LogP contribution in [0.5, 0.6) is 0 Å². The highest BCUT2D eigenvalue weighted by molar-refractivity contribution is 5.98. The molecule has 0 aliphatic heterocycles. The molecule has 0 radical (unpaired) electrons. The van der Waals surface area contributed by atoms with Gasteiger partial charge in [0.15, 0.2) is 0 Å². The van der Waals surface area contributed by atoms with Gasteiger partial charge in [0.2, 0.25) is 11.8 Å². The fraction of sp³-hybridized carbons (Fsp3) is 0.233. The highest BCUT2D eigenvalue weighted by Gasteiger charge is 2.23. The predicted molar refractivity (Wildman–Crippen MR) is 144 cm³/mol. The summed E-state index contributed by atoms with van der Waals surface area (Å²) in [6, 6.07) is 27.5. The lowest BCUT2D eigenvalue weighted by Crippen LogP contribution is -2.39. The van der Waals surface area contributed by atoms with E-state index >= 15 is 0 Å². The van der Waals surface area contributed by atoms with Gasteiger partial charge in [-0.2, -0.15) is 5.10 Å². The molecule has 0 aliphatic carbocycles. The molecule has 4 rings (SSSR count). The molecule has 184 valence electrons. The zero-order chi connectivity index (χ0) is 25.5. The number of para-hydroxylation sites is 1. The molecule has 0 saturated heterocycles. The van der Waals surface area contributed by atoms with Crippen LogP contribution in [0.2, 0.25) is 0 Å². The fourth-order valence-corrected chi connectivity index (χ4v) is 4.36. The van der Waals surface area contributed by atoms with Crippen molar-refractivity contribution < 1.29 is 9.59 Å². The second-order valence-electron chi connectivity index (χ2n) is 8.90. The minimum Gasteiger partial charge on any atom is -0.333 e. The molecule has 0 bridgehead atoms. The number of nitrogens with zero attached hydrogens (tertiary/aromatic N) is 3. The van der Waals surface area contributed by atoms with Gasteiger partial charge < -0.3 is 10.2 Å². The average molecular weight is 481 g/mol. The summed E-state index contributed by atoms with van der Waals surface area (Å²) >= 11 is 0. The predicted octanol–water partition coefficient (Wildman–Crippen LogP) is 5.58. The Morgan fingerprint density at radius 2 is 1.53 bits per heavy atom. The molecule has 1 heterocycles. The Balaban J connectivity index is 1.64. The highest BCUT2D eigenvalue weighted by Crippen LogP contribution is 2.34. The van der Waals surface area contributed by atoms with E-state index in [4.69, 9.17) is 5.10 Å². The number of benzene rings is 3. The summed E-state index contributed by atoms with van der Waals surface area (Å²) in [7, 11) is 0. The normalized spacial score (nSPS) is 10.8. The van der Waals surface area contributed by atoms with Crippen LogP contribution in [0.3, 0.4) is 0 Å². The lowest BCUT2D eigenvalue weighted by Gasteiger charge is -2.22. The number of rotatable bonds is 9. The first-order chi connectivity index (χ1) is 17.5. The molecular weight excluding hydrogens is 448 g/mol. The van der Waals surface area contributed by atoms with Gasteiger partial charge >= 0.3 is 0 Å². The molecule has 6 nitrogen and oxygen atoms in total. The van der Waals surface area contributed by atoms with E-state index in [-0.39, 0.29) is 24.8 Å². The molecule has 0 saturated carbocycles. The van der Waals surface area contributed by atoms with Crippen LogP contribution in [0.25, 0.3) is 16.8 Å². The molecule has 0 unspecified atom stereocenters. The third-order valence-electron chi connectivity index (χ3n) is 6.10. The number of aryl methyl sites for hydroxylation is 2. The van der Waals surface area contributed by atoms with E-state index < -0.39 is 0 Å². The summed E-state index contributed by atoms with van der Waals surface area (Å²) in [4.78, 5) is 28.0. The summed E-state index contributed by atoms with van der Waals surface area (Å²) in [6.45, 7) is 6.46. The maximum absolute atomic E-state index is 13.4. The number of nitrogens with one attached hydrogen (secondary N) is 1. The standard InChI is InChI=1S/C30H32N4O2/c1-4-19-33(28(36)20-24-14-7-5-8-15-24)21-27(35)31-30-29(25-16-9-6-10-17-25)23(3)32-34(30)26-18-12-11-13-22(26)2/h5-18H,4,19-21H2,1-3H3,(H,31,35). The average Bonchev–Trinajstić information content (AvgIpc) is 3.20. The van der Waals surface area contributed by atoms with Crippen LogP contribution in [-0.4, -0.2) is 39.6 Å². The number of aromatic nitrogens is 2. The number of anilines is 1. The van der Waals surface area contributed by atoms with E-state index in [1.165, 1.54) is 0 Å². The van der Waals surface area contributed by atoms with Gasteiger partial charge in [0.05, 0.1) is 24.3 Å². The molecule has 2 amide bonds. The first-order valence-corrected chi connectivity index (χ1v) is 12.3. The van der Waals surface area contributed by atoms with Gasteiger partial charge in [-0.05, 0) is 43.0 Å². The summed E-state index contributed by atoms with van der Waals surface area (Å²) < 4.78 is 1.79. The Morgan fingerprint density at radius 3 is 2.19 bits per heavy atom. The Morgan fingerprint density at radius 1 is 0.889 bits per heavy atom. The van der Waals surface area contributed by atoms with Crippen LogP contribution in [0.4, 0.5) is 5.82 Å². The van der Waals surface area contributed by atoms with Gasteiger partial charge in [-0.25, -0.2) is 4.68 Å². The number of amides is 2. The molecule has 4 aromatic rings. The van der Waals surface area contributed by atoms with E-state index in [1.807, 2.05) is 106 Å². The van der Waals surface area contributed by atoms with Crippen LogP contribution in [-0.2, 0) is 16.0 Å².